The number of nitrogens with zero attached hydrogens (tertiary/aromatic N) is 1. The zero-order valence-electron chi connectivity index (χ0n) is 12.6. The third-order valence-electron chi connectivity index (χ3n) is 3.39. The van der Waals surface area contributed by atoms with E-state index >= 15 is 0 Å². The molecule has 2 atom stereocenters. The molecule has 5 nitrogen and oxygen atoms in total. The largest absolute Gasteiger partial charge is 0.469 e. The first-order chi connectivity index (χ1) is 8.74. The van der Waals surface area contributed by atoms with E-state index in [1.54, 1.807) is 4.90 Å². The summed E-state index contributed by atoms with van der Waals surface area (Å²) >= 11 is 0. The van der Waals surface area contributed by atoms with Crippen LogP contribution in [0, 0.1) is 11.8 Å². The predicted octanol–water partition coefficient (Wildman–Crippen LogP) is 2.44. The second-order valence-corrected chi connectivity index (χ2v) is 6.14. The summed E-state index contributed by atoms with van der Waals surface area (Å²) in [6.07, 6.45) is 1.54. The summed E-state index contributed by atoms with van der Waals surface area (Å²) in [5.74, 6) is -0.250. The van der Waals surface area contributed by atoms with Gasteiger partial charge in [-0.25, -0.2) is 4.79 Å². The topological polar surface area (TPSA) is 55.8 Å². The van der Waals surface area contributed by atoms with Gasteiger partial charge in [-0.3, -0.25) is 4.79 Å². The number of methoxy groups -OCH3 is 1. The van der Waals surface area contributed by atoms with E-state index in [4.69, 9.17) is 9.47 Å². The minimum Gasteiger partial charge on any atom is -0.469 e. The Morgan fingerprint density at radius 2 is 1.95 bits per heavy atom. The van der Waals surface area contributed by atoms with Crippen LogP contribution < -0.4 is 0 Å². The summed E-state index contributed by atoms with van der Waals surface area (Å²) in [7, 11) is 1.40. The monoisotopic (exact) mass is 271 g/mol. The van der Waals surface area contributed by atoms with Crippen LogP contribution in [0.4, 0.5) is 4.79 Å². The van der Waals surface area contributed by atoms with Crippen molar-refractivity contribution in [1.29, 1.82) is 0 Å². The Labute approximate surface area is 115 Å². The Kier molecular flexibility index (Phi) is 5.20. The lowest BCUT2D eigenvalue weighted by molar-refractivity contribution is -0.147. The lowest BCUT2D eigenvalue weighted by Gasteiger charge is -2.35. The Balaban J connectivity index is 2.59. The van der Waals surface area contributed by atoms with Crippen molar-refractivity contribution in [2.45, 2.75) is 46.1 Å². The molecule has 0 aromatic heterocycles. The summed E-state index contributed by atoms with van der Waals surface area (Å²) in [5.41, 5.74) is -0.488. The average molecular weight is 271 g/mol. The van der Waals surface area contributed by atoms with Crippen molar-refractivity contribution >= 4 is 12.1 Å². The van der Waals surface area contributed by atoms with Gasteiger partial charge >= 0.3 is 12.1 Å². The number of hydrogen-bond donors (Lipinski definition) is 0. The van der Waals surface area contributed by atoms with Crippen LogP contribution in [0.25, 0.3) is 0 Å². The molecule has 0 saturated carbocycles. The van der Waals surface area contributed by atoms with E-state index in [1.165, 1.54) is 7.11 Å². The van der Waals surface area contributed by atoms with E-state index in [0.29, 0.717) is 13.1 Å². The van der Waals surface area contributed by atoms with Crippen molar-refractivity contribution in [3.63, 3.8) is 0 Å². The Morgan fingerprint density at radius 1 is 1.32 bits per heavy atom. The third-order valence-corrected chi connectivity index (χ3v) is 3.39. The number of piperidine rings is 1. The number of amides is 1. The van der Waals surface area contributed by atoms with E-state index < -0.39 is 5.60 Å². The fraction of sp³-hybridized carbons (Fsp3) is 0.857. The van der Waals surface area contributed by atoms with Gasteiger partial charge in [0.15, 0.2) is 0 Å². The molecule has 0 spiro atoms. The highest BCUT2D eigenvalue weighted by molar-refractivity contribution is 5.72. The first-order valence-electron chi connectivity index (χ1n) is 6.80. The molecule has 0 radical (unpaired) electrons. The molecular weight excluding hydrogens is 246 g/mol. The fourth-order valence-corrected chi connectivity index (χ4v) is 2.29. The highest BCUT2D eigenvalue weighted by Gasteiger charge is 2.32. The minimum absolute atomic E-state index is 0.147. The Morgan fingerprint density at radius 3 is 2.47 bits per heavy atom. The quantitative estimate of drug-likeness (QED) is 0.724. The molecule has 1 saturated heterocycles. The molecule has 1 amide bonds. The number of likely N-dealkylation sites (tertiary alicyclic amines) is 1. The van der Waals surface area contributed by atoms with Crippen molar-refractivity contribution in [2.75, 3.05) is 20.2 Å². The average Bonchev–Trinajstić information content (AvgIpc) is 2.35. The normalized spacial score (nSPS) is 21.7. The van der Waals surface area contributed by atoms with Crippen molar-refractivity contribution in [3.8, 4) is 0 Å². The molecule has 110 valence electrons. The standard InChI is InChI=1S/C14H25NO4/c1-10(12(16)18-5)11-7-6-8-15(9-11)13(17)19-14(2,3)4/h10-11H,6-9H2,1-5H3. The maximum Gasteiger partial charge on any atom is 0.410 e. The molecule has 1 aliphatic rings. The Bertz CT molecular complexity index is 335. The van der Waals surface area contributed by atoms with Gasteiger partial charge in [-0.2, -0.15) is 0 Å². The van der Waals surface area contributed by atoms with Crippen molar-refractivity contribution < 1.29 is 19.1 Å². The van der Waals surface area contributed by atoms with Crippen molar-refractivity contribution in [3.05, 3.63) is 0 Å². The predicted molar refractivity (Wildman–Crippen MR) is 71.7 cm³/mol. The van der Waals surface area contributed by atoms with Crippen LogP contribution in [0.3, 0.4) is 0 Å². The number of hydrogen-bond acceptors (Lipinski definition) is 4. The molecular formula is C14H25NO4. The van der Waals surface area contributed by atoms with E-state index in [2.05, 4.69) is 0 Å². The van der Waals surface area contributed by atoms with E-state index in [1.807, 2.05) is 27.7 Å². The van der Waals surface area contributed by atoms with Crippen LogP contribution in [0.15, 0.2) is 0 Å². The number of esters is 1. The fourth-order valence-electron chi connectivity index (χ4n) is 2.29. The third kappa shape index (κ3) is 4.73. The van der Waals surface area contributed by atoms with Gasteiger partial charge in [0.05, 0.1) is 13.0 Å². The van der Waals surface area contributed by atoms with E-state index in [9.17, 15) is 9.59 Å². The molecule has 19 heavy (non-hydrogen) atoms. The van der Waals surface area contributed by atoms with E-state index in [-0.39, 0.29) is 23.9 Å². The molecule has 0 bridgehead atoms. The summed E-state index contributed by atoms with van der Waals surface area (Å²) in [6, 6.07) is 0. The maximum atomic E-state index is 12.0. The lowest BCUT2D eigenvalue weighted by atomic mass is 9.87. The van der Waals surface area contributed by atoms with Crippen LogP contribution >= 0.6 is 0 Å². The van der Waals surface area contributed by atoms with Gasteiger partial charge in [-0.15, -0.1) is 0 Å². The molecule has 0 aliphatic carbocycles. The molecule has 1 rings (SSSR count). The number of rotatable bonds is 2. The minimum atomic E-state index is -0.488. The van der Waals surface area contributed by atoms with Gasteiger partial charge < -0.3 is 14.4 Å². The molecule has 1 aliphatic heterocycles. The molecule has 2 unspecified atom stereocenters. The first-order valence-corrected chi connectivity index (χ1v) is 6.80. The van der Waals surface area contributed by atoms with Gasteiger partial charge in [0.2, 0.25) is 0 Å². The smallest absolute Gasteiger partial charge is 0.410 e. The highest BCUT2D eigenvalue weighted by atomic mass is 16.6. The summed E-state index contributed by atoms with van der Waals surface area (Å²) in [5, 5.41) is 0. The summed E-state index contributed by atoms with van der Waals surface area (Å²) < 4.78 is 10.1. The first kappa shape index (κ1) is 15.8. The van der Waals surface area contributed by atoms with Gasteiger partial charge in [0.1, 0.15) is 5.60 Å². The molecule has 0 aromatic carbocycles. The van der Waals surface area contributed by atoms with Crippen LogP contribution in [0.5, 0.6) is 0 Å². The number of carbonyl (C=O) groups excluding carboxylic acids is 2. The van der Waals surface area contributed by atoms with Crippen LogP contribution in [0.2, 0.25) is 0 Å². The second-order valence-electron chi connectivity index (χ2n) is 6.14. The summed E-state index contributed by atoms with van der Waals surface area (Å²) in [6.45, 7) is 8.66. The van der Waals surface area contributed by atoms with Gasteiger partial charge in [0.25, 0.3) is 0 Å². The van der Waals surface area contributed by atoms with Crippen LogP contribution in [-0.4, -0.2) is 42.8 Å². The molecule has 5 heteroatoms. The number of ether oxygens (including phenoxy) is 2. The molecule has 0 N–H and O–H groups in total. The molecule has 1 heterocycles. The number of carbonyl (C=O) groups is 2. The maximum absolute atomic E-state index is 12.0. The molecule has 0 aromatic rings. The van der Waals surface area contributed by atoms with Gasteiger partial charge in [-0.05, 0) is 39.5 Å². The van der Waals surface area contributed by atoms with E-state index in [0.717, 1.165) is 12.8 Å². The Hall–Kier alpha value is -1.26. The lowest BCUT2D eigenvalue weighted by Crippen LogP contribution is -2.45. The summed E-state index contributed by atoms with van der Waals surface area (Å²) in [4.78, 5) is 25.3. The van der Waals surface area contributed by atoms with Gasteiger partial charge in [0, 0.05) is 13.1 Å². The SMILES string of the molecule is COC(=O)C(C)C1CCCN(C(=O)OC(C)(C)C)C1. The van der Waals surface area contributed by atoms with Crippen LogP contribution in [0.1, 0.15) is 40.5 Å². The second kappa shape index (κ2) is 6.26. The zero-order chi connectivity index (χ0) is 14.6. The molecule has 1 fully saturated rings. The van der Waals surface area contributed by atoms with Crippen LogP contribution in [-0.2, 0) is 14.3 Å². The van der Waals surface area contributed by atoms with Crippen molar-refractivity contribution in [2.24, 2.45) is 11.8 Å². The highest BCUT2D eigenvalue weighted by Crippen LogP contribution is 2.25. The van der Waals surface area contributed by atoms with Crippen molar-refractivity contribution in [1.82, 2.24) is 4.90 Å². The zero-order valence-corrected chi connectivity index (χ0v) is 12.6. The van der Waals surface area contributed by atoms with Gasteiger partial charge in [-0.1, -0.05) is 6.92 Å².